The van der Waals surface area contributed by atoms with Crippen molar-refractivity contribution in [2.75, 3.05) is 18.2 Å². The molecule has 0 radical (unpaired) electrons. The fourth-order valence-electron chi connectivity index (χ4n) is 2.34. The van der Waals surface area contributed by atoms with Crippen molar-refractivity contribution in [2.24, 2.45) is 5.10 Å². The number of halogens is 2. The van der Waals surface area contributed by atoms with Crippen molar-refractivity contribution in [3.05, 3.63) is 28.2 Å². The van der Waals surface area contributed by atoms with Gasteiger partial charge in [0, 0.05) is 5.02 Å². The zero-order valence-corrected chi connectivity index (χ0v) is 15.6. The number of benzene rings is 1. The summed E-state index contributed by atoms with van der Waals surface area (Å²) in [6, 6.07) is 4.77. The van der Waals surface area contributed by atoms with Crippen molar-refractivity contribution in [2.45, 2.75) is 32.7 Å². The van der Waals surface area contributed by atoms with E-state index < -0.39 is 17.7 Å². The summed E-state index contributed by atoms with van der Waals surface area (Å²) in [5.41, 5.74) is -0.793. The molecule has 0 aliphatic carbocycles. The largest absolute Gasteiger partial charge is 0.514 e. The molecule has 25 heavy (non-hydrogen) atoms. The number of ether oxygens (including phenoxy) is 3. The molecule has 1 heterocycles. The Balaban J connectivity index is 2.39. The third-order valence-electron chi connectivity index (χ3n) is 3.49. The van der Waals surface area contributed by atoms with Crippen molar-refractivity contribution in [3.63, 3.8) is 0 Å². The van der Waals surface area contributed by atoms with Crippen LogP contribution in [0.25, 0.3) is 0 Å². The molecule has 0 aromatic heterocycles. The van der Waals surface area contributed by atoms with E-state index in [1.807, 2.05) is 0 Å². The van der Waals surface area contributed by atoms with Gasteiger partial charge in [-0.15, -0.1) is 5.10 Å². The zero-order valence-electron chi connectivity index (χ0n) is 14.0. The van der Waals surface area contributed by atoms with Gasteiger partial charge in [-0.3, -0.25) is 0 Å². The number of carbonyl (C=O) groups excluding carboxylic acids is 2. The molecule has 7 nitrogen and oxygen atoms in total. The molecule has 1 atom stereocenters. The average Bonchev–Trinajstić information content (AvgIpc) is 2.85. The topological polar surface area (TPSA) is 77.4 Å². The number of hydrazone groups is 1. The summed E-state index contributed by atoms with van der Waals surface area (Å²) < 4.78 is 15.0. The van der Waals surface area contributed by atoms with Crippen LogP contribution in [0.3, 0.4) is 0 Å². The molecule has 136 valence electrons. The van der Waals surface area contributed by atoms with Crippen molar-refractivity contribution in [1.29, 1.82) is 0 Å². The number of anilines is 1. The van der Waals surface area contributed by atoms with Crippen LogP contribution in [0.15, 0.2) is 23.3 Å². The molecule has 0 saturated carbocycles. The van der Waals surface area contributed by atoms with Crippen LogP contribution in [0, 0.1) is 0 Å². The lowest BCUT2D eigenvalue weighted by Gasteiger charge is -2.31. The van der Waals surface area contributed by atoms with E-state index in [4.69, 9.17) is 37.4 Å². The summed E-state index contributed by atoms with van der Waals surface area (Å²) in [6.45, 7) is 5.34. The summed E-state index contributed by atoms with van der Waals surface area (Å²) in [5, 5.41) is 6.34. The van der Waals surface area contributed by atoms with Crippen LogP contribution in [0.1, 0.15) is 27.2 Å². The molecule has 0 N–H and O–H groups in total. The third-order valence-corrected chi connectivity index (χ3v) is 4.03. The van der Waals surface area contributed by atoms with Gasteiger partial charge in [0.1, 0.15) is 0 Å². The van der Waals surface area contributed by atoms with Crippen LogP contribution in [0.4, 0.5) is 10.5 Å². The van der Waals surface area contributed by atoms with Gasteiger partial charge in [-0.25, -0.2) is 14.6 Å². The first-order chi connectivity index (χ1) is 11.8. The first kappa shape index (κ1) is 19.3. The Morgan fingerprint density at radius 3 is 2.52 bits per heavy atom. The van der Waals surface area contributed by atoms with Crippen molar-refractivity contribution < 1.29 is 23.8 Å². The average molecular weight is 389 g/mol. The molecule has 9 heteroatoms. The highest BCUT2D eigenvalue weighted by molar-refractivity contribution is 6.36. The van der Waals surface area contributed by atoms with Gasteiger partial charge < -0.3 is 14.2 Å². The third kappa shape index (κ3) is 4.16. The van der Waals surface area contributed by atoms with Crippen LogP contribution < -0.4 is 5.01 Å². The molecular weight excluding hydrogens is 371 g/mol. The van der Waals surface area contributed by atoms with Crippen LogP contribution in [0.5, 0.6) is 0 Å². The minimum atomic E-state index is -1.23. The monoisotopic (exact) mass is 388 g/mol. The second kappa shape index (κ2) is 7.93. The normalized spacial score (nSPS) is 19.4. The molecule has 0 spiro atoms. The minimum Gasteiger partial charge on any atom is -0.464 e. The smallest absolute Gasteiger partial charge is 0.464 e. The molecular formula is C16H18Cl2N2O5. The van der Waals surface area contributed by atoms with E-state index in [1.54, 1.807) is 32.9 Å². The number of carbonyl (C=O) groups is 2. The Kier molecular flexibility index (Phi) is 6.13. The van der Waals surface area contributed by atoms with E-state index in [0.29, 0.717) is 15.7 Å². The van der Waals surface area contributed by atoms with Gasteiger partial charge in [-0.2, -0.15) is 0 Å². The molecule has 0 bridgehead atoms. The van der Waals surface area contributed by atoms with Gasteiger partial charge in [0.2, 0.25) is 5.90 Å². The van der Waals surface area contributed by atoms with Crippen LogP contribution >= 0.6 is 23.2 Å². The fraction of sp³-hybridized carbons (Fsp3) is 0.438. The quantitative estimate of drug-likeness (QED) is 0.725. The number of hydrogen-bond donors (Lipinski definition) is 0. The predicted octanol–water partition coefficient (Wildman–Crippen LogP) is 4.01. The molecule has 1 unspecified atom stereocenters. The Hall–Kier alpha value is -1.99. The Morgan fingerprint density at radius 2 is 1.92 bits per heavy atom. The summed E-state index contributed by atoms with van der Waals surface area (Å²) in [5.74, 6) is -0.493. The summed E-state index contributed by atoms with van der Waals surface area (Å²) in [7, 11) is 0. The van der Waals surface area contributed by atoms with E-state index in [9.17, 15) is 9.59 Å². The minimum absolute atomic E-state index is 0.0175. The molecule has 1 aliphatic heterocycles. The lowest BCUT2D eigenvalue weighted by atomic mass is 9.97. The molecule has 1 aliphatic rings. The maximum Gasteiger partial charge on any atom is 0.514 e. The Bertz CT molecular complexity index is 710. The van der Waals surface area contributed by atoms with Gasteiger partial charge in [0.25, 0.3) is 0 Å². The van der Waals surface area contributed by atoms with Crippen LogP contribution in [-0.4, -0.2) is 36.8 Å². The fourth-order valence-corrected chi connectivity index (χ4v) is 2.83. The number of esters is 1. The zero-order chi connectivity index (χ0) is 18.6. The number of hydrogen-bond acceptors (Lipinski definition) is 7. The van der Waals surface area contributed by atoms with Crippen molar-refractivity contribution in [3.8, 4) is 0 Å². The molecule has 0 amide bonds. The second-order valence-corrected chi connectivity index (χ2v) is 6.20. The lowest BCUT2D eigenvalue weighted by Crippen LogP contribution is -2.48. The summed E-state index contributed by atoms with van der Waals surface area (Å²) >= 11 is 12.2. The predicted molar refractivity (Wildman–Crippen MR) is 94.1 cm³/mol. The maximum atomic E-state index is 12.5. The highest BCUT2D eigenvalue weighted by Crippen LogP contribution is 2.39. The second-order valence-electron chi connectivity index (χ2n) is 5.36. The SMILES string of the molecule is CCOC(=O)OC1=NN(c2ccc(Cl)cc2Cl)C(C)(C(=O)OCC)C1. The van der Waals surface area contributed by atoms with E-state index in [-0.39, 0.29) is 25.5 Å². The molecule has 0 fully saturated rings. The lowest BCUT2D eigenvalue weighted by molar-refractivity contribution is -0.148. The van der Waals surface area contributed by atoms with E-state index in [1.165, 1.54) is 11.1 Å². The summed E-state index contributed by atoms with van der Waals surface area (Å²) in [4.78, 5) is 24.1. The first-order valence-corrected chi connectivity index (χ1v) is 8.42. The van der Waals surface area contributed by atoms with Crippen LogP contribution in [0.2, 0.25) is 10.0 Å². The first-order valence-electron chi connectivity index (χ1n) is 7.66. The van der Waals surface area contributed by atoms with E-state index in [2.05, 4.69) is 5.10 Å². The standard InChI is InChI=1S/C16H18Cl2N2O5/c1-4-23-14(21)16(3)9-13(25-15(22)24-5-2)19-20(16)12-7-6-10(17)8-11(12)18/h6-8H,4-5,9H2,1-3H3. The molecule has 1 aromatic rings. The molecule has 1 aromatic carbocycles. The maximum absolute atomic E-state index is 12.5. The van der Waals surface area contributed by atoms with E-state index >= 15 is 0 Å². The van der Waals surface area contributed by atoms with Crippen molar-refractivity contribution >= 4 is 46.9 Å². The Labute approximate surface area is 155 Å². The molecule has 0 saturated heterocycles. The van der Waals surface area contributed by atoms with Gasteiger partial charge in [-0.05, 0) is 39.0 Å². The number of rotatable bonds is 4. The molecule has 2 rings (SSSR count). The van der Waals surface area contributed by atoms with Crippen molar-refractivity contribution in [1.82, 2.24) is 0 Å². The van der Waals surface area contributed by atoms with E-state index in [0.717, 1.165) is 0 Å². The van der Waals surface area contributed by atoms with Crippen LogP contribution in [-0.2, 0) is 19.0 Å². The summed E-state index contributed by atoms with van der Waals surface area (Å²) in [6.07, 6.45) is -0.875. The number of nitrogens with zero attached hydrogens (tertiary/aromatic N) is 2. The Morgan fingerprint density at radius 1 is 1.24 bits per heavy atom. The highest BCUT2D eigenvalue weighted by atomic mass is 35.5. The van der Waals surface area contributed by atoms with Gasteiger partial charge in [-0.1, -0.05) is 23.2 Å². The van der Waals surface area contributed by atoms with Gasteiger partial charge in [0.15, 0.2) is 5.54 Å². The van der Waals surface area contributed by atoms with Gasteiger partial charge in [0.05, 0.1) is 30.3 Å². The van der Waals surface area contributed by atoms with Gasteiger partial charge >= 0.3 is 12.1 Å². The highest BCUT2D eigenvalue weighted by Gasteiger charge is 2.49.